The number of sulfone groups is 1. The lowest BCUT2D eigenvalue weighted by Gasteiger charge is -2.33. The van der Waals surface area contributed by atoms with Gasteiger partial charge in [-0.15, -0.1) is 0 Å². The molecular formula is C65H76F6N10O8S. The first kappa shape index (κ1) is 66.7. The highest BCUT2D eigenvalue weighted by atomic mass is 32.2. The van der Waals surface area contributed by atoms with Gasteiger partial charge in [0.25, 0.3) is 0 Å². The van der Waals surface area contributed by atoms with E-state index in [0.717, 1.165) is 67.7 Å². The first-order valence-electron chi connectivity index (χ1n) is 30.0. The molecule has 9 rings (SSSR count). The lowest BCUT2D eigenvalue weighted by molar-refractivity contribution is -0.140. The summed E-state index contributed by atoms with van der Waals surface area (Å²) in [5, 5.41) is 10.2. The van der Waals surface area contributed by atoms with Gasteiger partial charge in [0.2, 0.25) is 5.91 Å². The maximum atomic E-state index is 13.9. The molecule has 1 amide bonds. The van der Waals surface area contributed by atoms with Crippen LogP contribution in [-0.2, 0) is 41.6 Å². The molecule has 3 N–H and O–H groups in total. The molecule has 0 bridgehead atoms. The summed E-state index contributed by atoms with van der Waals surface area (Å²) >= 11 is 0. The summed E-state index contributed by atoms with van der Waals surface area (Å²) in [6.07, 6.45) is -1.56. The number of fused-ring (bicyclic) bond motifs is 1. The van der Waals surface area contributed by atoms with Crippen LogP contribution >= 0.6 is 0 Å². The molecule has 2 aliphatic heterocycles. The third kappa shape index (κ3) is 18.2. The van der Waals surface area contributed by atoms with Crippen LogP contribution in [0.15, 0.2) is 108 Å². The van der Waals surface area contributed by atoms with Gasteiger partial charge in [0.15, 0.2) is 9.84 Å². The first-order chi connectivity index (χ1) is 43.1. The average Bonchev–Trinajstić information content (AvgIpc) is 1.64. The number of aromatic nitrogens is 5. The Morgan fingerprint density at radius 1 is 0.789 bits per heavy atom. The second kappa shape index (κ2) is 30.4. The molecular weight excluding hydrogens is 1190 g/mol. The van der Waals surface area contributed by atoms with Crippen molar-refractivity contribution in [3.63, 3.8) is 0 Å². The Bertz CT molecular complexity index is 3720. The SMILES string of the molecule is COc1cc(S(C)(=O)=O)ccc1NCC#Cc1cc2c(NC3CCN(CCOCCOCCOCCNC(=O)CN4CCC(n5cnc(-c6ccc(C(F)(F)F)cc6)c5-c5ccnc(Oc6cc(C(C)C)ccc6C)n5)CC4)CC3)cccc2n1CC(F)(F)F. The third-order valence-electron chi connectivity index (χ3n) is 15.8. The number of nitrogens with zero attached hydrogens (tertiary/aromatic N) is 7. The van der Waals surface area contributed by atoms with E-state index in [1.165, 1.54) is 35.9 Å². The molecule has 2 fully saturated rings. The molecule has 25 heteroatoms. The number of methoxy groups -OCH3 is 1. The first-order valence-corrected chi connectivity index (χ1v) is 31.9. The lowest BCUT2D eigenvalue weighted by atomic mass is 10.0. The second-order valence-electron chi connectivity index (χ2n) is 22.6. The van der Waals surface area contributed by atoms with Crippen molar-refractivity contribution < 1.29 is 63.2 Å². The number of benzene rings is 4. The molecule has 0 saturated carbocycles. The van der Waals surface area contributed by atoms with Gasteiger partial charge in [0, 0.05) is 86.5 Å². The number of ether oxygens (including phenoxy) is 5. The van der Waals surface area contributed by atoms with Crippen LogP contribution in [0.2, 0.25) is 0 Å². The van der Waals surface area contributed by atoms with E-state index in [-0.39, 0.29) is 53.6 Å². The number of piperidine rings is 2. The van der Waals surface area contributed by atoms with Crippen LogP contribution in [0.3, 0.4) is 0 Å². The number of carbonyl (C=O) groups excluding carboxylic acids is 1. The smallest absolute Gasteiger partial charge is 0.416 e. The molecule has 2 aliphatic rings. The Kier molecular flexibility index (Phi) is 22.5. The molecule has 7 aromatic rings. The number of rotatable bonds is 27. The molecule has 0 radical (unpaired) electrons. The number of imidazole rings is 1. The number of aryl methyl sites for hydroxylation is 1. The normalized spacial score (nSPS) is 14.8. The van der Waals surface area contributed by atoms with Crippen molar-refractivity contribution in [2.45, 2.75) is 88.2 Å². The molecule has 18 nitrogen and oxygen atoms in total. The quantitative estimate of drug-likeness (QED) is 0.0250. The van der Waals surface area contributed by atoms with E-state index in [1.54, 1.807) is 42.9 Å². The number of alkyl halides is 6. The Balaban J connectivity index is 0.650. The van der Waals surface area contributed by atoms with E-state index >= 15 is 0 Å². The summed E-state index contributed by atoms with van der Waals surface area (Å²) in [4.78, 5) is 31.4. The van der Waals surface area contributed by atoms with Gasteiger partial charge in [-0.05, 0) is 110 Å². The summed E-state index contributed by atoms with van der Waals surface area (Å²) < 4.78 is 138. The van der Waals surface area contributed by atoms with Gasteiger partial charge in [-0.3, -0.25) is 9.69 Å². The predicted molar refractivity (Wildman–Crippen MR) is 332 cm³/mol. The molecule has 0 aliphatic carbocycles. The molecule has 0 atom stereocenters. The maximum Gasteiger partial charge on any atom is 0.416 e. The zero-order valence-corrected chi connectivity index (χ0v) is 51.9. The minimum Gasteiger partial charge on any atom is -0.495 e. The Morgan fingerprint density at radius 2 is 1.50 bits per heavy atom. The van der Waals surface area contributed by atoms with Crippen molar-refractivity contribution in [1.82, 2.24) is 39.2 Å². The molecule has 5 heterocycles. The highest BCUT2D eigenvalue weighted by Crippen LogP contribution is 2.39. The molecule has 90 heavy (non-hydrogen) atoms. The number of carbonyl (C=O) groups is 1. The van der Waals surface area contributed by atoms with Gasteiger partial charge in [0.1, 0.15) is 18.0 Å². The van der Waals surface area contributed by atoms with Crippen molar-refractivity contribution in [2.75, 3.05) is 116 Å². The van der Waals surface area contributed by atoms with Crippen LogP contribution in [0.5, 0.6) is 17.5 Å². The number of hydrogen-bond donors (Lipinski definition) is 3. The van der Waals surface area contributed by atoms with E-state index in [0.29, 0.717) is 123 Å². The standard InChI is InChI=1S/C65H76F6N10O8S/c1-44(2)47-12-11-45(3)58(38-47)89-63-74-25-19-56(77-63)62-61(46-13-15-48(16-14-46)65(69,70)71)75-43-81(62)50-22-29-79(30-23-50)41-60(82)73-26-32-86-34-36-88-37-35-87-33-31-78-27-20-49(21-28-78)76-54-9-6-10-57-53(54)39-51(80(57)42-64(66,67)68)8-7-24-72-55-18-17-52(90(5,83)84)40-59(55)85-4/h6,9-19,25,38-40,43-44,49-50,72,76H,20-24,26-37,41-42H2,1-5H3,(H,73,82). The molecule has 3 aromatic heterocycles. The third-order valence-corrected chi connectivity index (χ3v) is 16.9. The lowest BCUT2D eigenvalue weighted by Crippen LogP contribution is -2.42. The van der Waals surface area contributed by atoms with Gasteiger partial charge in [-0.25, -0.2) is 18.4 Å². The van der Waals surface area contributed by atoms with E-state index in [2.05, 4.69) is 62.5 Å². The van der Waals surface area contributed by atoms with Gasteiger partial charge < -0.3 is 53.7 Å². The number of amides is 1. The predicted octanol–water partition coefficient (Wildman–Crippen LogP) is 11.0. The van der Waals surface area contributed by atoms with Crippen LogP contribution < -0.4 is 25.4 Å². The maximum absolute atomic E-state index is 13.9. The highest BCUT2D eigenvalue weighted by molar-refractivity contribution is 7.90. The largest absolute Gasteiger partial charge is 0.495 e. The number of halogens is 6. The fourth-order valence-electron chi connectivity index (χ4n) is 10.9. The van der Waals surface area contributed by atoms with E-state index in [4.69, 9.17) is 33.7 Å². The Labute approximate surface area is 520 Å². The second-order valence-corrected chi connectivity index (χ2v) is 24.7. The minimum absolute atomic E-state index is 0.0433. The van der Waals surface area contributed by atoms with Crippen LogP contribution in [0, 0.1) is 18.8 Å². The number of likely N-dealkylation sites (tertiary alicyclic amines) is 2. The summed E-state index contributed by atoms with van der Waals surface area (Å²) in [6, 6.07) is 24.2. The zero-order valence-electron chi connectivity index (χ0n) is 51.1. The van der Waals surface area contributed by atoms with Crippen LogP contribution in [0.25, 0.3) is 33.5 Å². The van der Waals surface area contributed by atoms with Gasteiger partial charge in [0.05, 0.1) is 111 Å². The van der Waals surface area contributed by atoms with E-state index in [1.807, 2.05) is 29.7 Å². The minimum atomic E-state index is -4.49. The highest BCUT2D eigenvalue weighted by Gasteiger charge is 2.33. The average molecular weight is 1270 g/mol. The summed E-state index contributed by atoms with van der Waals surface area (Å²) in [5.41, 5.74) is 5.19. The number of hydrogen-bond acceptors (Lipinski definition) is 15. The number of anilines is 2. The van der Waals surface area contributed by atoms with Crippen LogP contribution in [0.1, 0.15) is 73.9 Å². The molecule has 2 saturated heterocycles. The molecule has 0 spiro atoms. The van der Waals surface area contributed by atoms with E-state index < -0.39 is 34.3 Å². The van der Waals surface area contributed by atoms with Crippen molar-refractivity contribution in [2.24, 2.45) is 0 Å². The van der Waals surface area contributed by atoms with Crippen molar-refractivity contribution in [3.8, 4) is 52.0 Å². The monoisotopic (exact) mass is 1270 g/mol. The Morgan fingerprint density at radius 3 is 2.19 bits per heavy atom. The fourth-order valence-corrected chi connectivity index (χ4v) is 11.6. The zero-order chi connectivity index (χ0) is 64.0. The Hall–Kier alpha value is -7.73. The summed E-state index contributed by atoms with van der Waals surface area (Å²) in [5.74, 6) is 6.89. The molecule has 482 valence electrons. The van der Waals surface area contributed by atoms with Gasteiger partial charge in [-0.2, -0.15) is 31.3 Å². The fraction of sp³-hybridized carbons (Fsp3) is 0.446. The van der Waals surface area contributed by atoms with Gasteiger partial charge in [-0.1, -0.05) is 50.1 Å². The number of nitrogens with one attached hydrogen (secondary N) is 3. The van der Waals surface area contributed by atoms with Crippen LogP contribution in [-0.4, -0.2) is 166 Å². The molecule has 0 unspecified atom stereocenters. The summed E-state index contributed by atoms with van der Waals surface area (Å²) in [7, 11) is -2.05. The summed E-state index contributed by atoms with van der Waals surface area (Å²) in [6.45, 7) is 11.5. The topological polar surface area (TPSA) is 188 Å². The molecule has 4 aromatic carbocycles. The van der Waals surface area contributed by atoms with Crippen molar-refractivity contribution in [1.29, 1.82) is 0 Å². The van der Waals surface area contributed by atoms with E-state index in [9.17, 15) is 39.6 Å². The van der Waals surface area contributed by atoms with Crippen molar-refractivity contribution >= 4 is 38.0 Å². The van der Waals surface area contributed by atoms with Crippen molar-refractivity contribution in [3.05, 3.63) is 126 Å². The van der Waals surface area contributed by atoms with Crippen LogP contribution in [0.4, 0.5) is 37.7 Å². The van der Waals surface area contributed by atoms with Gasteiger partial charge >= 0.3 is 18.4 Å².